The zero-order valence-electron chi connectivity index (χ0n) is 11.2. The number of aromatic nitrogens is 1. The number of carbonyl (C=O) groups is 1. The van der Waals surface area contributed by atoms with E-state index in [2.05, 4.69) is 10.4 Å². The quantitative estimate of drug-likeness (QED) is 0.814. The summed E-state index contributed by atoms with van der Waals surface area (Å²) >= 11 is 0. The molecule has 1 aromatic carbocycles. The third-order valence-electron chi connectivity index (χ3n) is 3.10. The Kier molecular flexibility index (Phi) is 3.39. The number of nitrogens with one attached hydrogen (secondary N) is 2. The number of aryl methyl sites for hydroxylation is 1. The molecule has 0 aliphatic rings. The van der Waals surface area contributed by atoms with E-state index in [1.54, 1.807) is 5.01 Å². The van der Waals surface area contributed by atoms with Gasteiger partial charge in [0.2, 0.25) is 5.91 Å². The fraction of sp³-hybridized carbons (Fsp3) is 0.357. The molecule has 1 unspecified atom stereocenters. The van der Waals surface area contributed by atoms with Crippen molar-refractivity contribution < 1.29 is 4.79 Å². The number of H-pyrrole nitrogens is 1. The third kappa shape index (κ3) is 2.24. The summed E-state index contributed by atoms with van der Waals surface area (Å²) in [7, 11) is 3.62. The highest BCUT2D eigenvalue weighted by atomic mass is 16.2. The summed E-state index contributed by atoms with van der Waals surface area (Å²) in [6.07, 6.45) is 0. The van der Waals surface area contributed by atoms with Gasteiger partial charge in [-0.1, -0.05) is 18.2 Å². The normalized spacial score (nSPS) is 12.9. The van der Waals surface area contributed by atoms with Crippen LogP contribution in [0, 0.1) is 6.92 Å². The van der Waals surface area contributed by atoms with Crippen LogP contribution in [0.4, 0.5) is 0 Å². The number of hydrazine groups is 1. The van der Waals surface area contributed by atoms with E-state index in [1.165, 1.54) is 0 Å². The van der Waals surface area contributed by atoms with Crippen molar-refractivity contribution in [1.29, 1.82) is 0 Å². The highest BCUT2D eigenvalue weighted by Gasteiger charge is 2.21. The molecular formula is C14H19N3O. The first-order chi connectivity index (χ1) is 8.50. The topological polar surface area (TPSA) is 48.1 Å². The molecule has 0 aliphatic carbocycles. The number of benzene rings is 1. The summed E-state index contributed by atoms with van der Waals surface area (Å²) < 4.78 is 0. The largest absolute Gasteiger partial charge is 0.358 e. The predicted molar refractivity (Wildman–Crippen MR) is 73.3 cm³/mol. The molecule has 2 rings (SSSR count). The van der Waals surface area contributed by atoms with Gasteiger partial charge in [-0.25, -0.2) is 5.01 Å². The van der Waals surface area contributed by atoms with E-state index in [-0.39, 0.29) is 11.8 Å². The average Bonchev–Trinajstić information content (AvgIpc) is 2.63. The average molecular weight is 245 g/mol. The molecule has 96 valence electrons. The molecule has 0 radical (unpaired) electrons. The molecule has 4 nitrogen and oxygen atoms in total. The minimum Gasteiger partial charge on any atom is -0.358 e. The molecule has 1 atom stereocenters. The zero-order valence-corrected chi connectivity index (χ0v) is 11.2. The molecule has 0 bridgehead atoms. The lowest BCUT2D eigenvalue weighted by Crippen LogP contribution is -2.38. The van der Waals surface area contributed by atoms with Crippen molar-refractivity contribution in [3.63, 3.8) is 0 Å². The van der Waals surface area contributed by atoms with E-state index < -0.39 is 0 Å². The predicted octanol–water partition coefficient (Wildman–Crippen LogP) is 2.17. The summed E-state index contributed by atoms with van der Waals surface area (Å²) in [5.41, 5.74) is 6.01. The van der Waals surface area contributed by atoms with Crippen LogP contribution in [0.15, 0.2) is 24.3 Å². The maximum atomic E-state index is 12.1. The van der Waals surface area contributed by atoms with Gasteiger partial charge in [0, 0.05) is 30.7 Å². The van der Waals surface area contributed by atoms with Gasteiger partial charge in [0.25, 0.3) is 0 Å². The van der Waals surface area contributed by atoms with Gasteiger partial charge in [-0.2, -0.15) is 0 Å². The van der Waals surface area contributed by atoms with Gasteiger partial charge >= 0.3 is 0 Å². The van der Waals surface area contributed by atoms with Gasteiger partial charge in [0.1, 0.15) is 0 Å². The molecule has 0 aliphatic heterocycles. The SMILES string of the molecule is Cc1[nH]c2ccccc2c1C(C)C(=O)NN(C)C. The Hall–Kier alpha value is -1.81. The summed E-state index contributed by atoms with van der Waals surface area (Å²) in [6.45, 7) is 3.94. The lowest BCUT2D eigenvalue weighted by atomic mass is 9.97. The number of carbonyl (C=O) groups excluding carboxylic acids is 1. The first kappa shape index (κ1) is 12.6. The fourth-order valence-corrected chi connectivity index (χ4v) is 2.30. The van der Waals surface area contributed by atoms with E-state index in [0.717, 1.165) is 22.2 Å². The number of nitrogens with zero attached hydrogens (tertiary/aromatic N) is 1. The first-order valence-corrected chi connectivity index (χ1v) is 6.05. The second-order valence-corrected chi connectivity index (χ2v) is 4.80. The van der Waals surface area contributed by atoms with E-state index in [4.69, 9.17) is 0 Å². The van der Waals surface area contributed by atoms with Gasteiger partial charge < -0.3 is 4.98 Å². The van der Waals surface area contributed by atoms with Crippen LogP contribution in [0.3, 0.4) is 0 Å². The fourth-order valence-electron chi connectivity index (χ4n) is 2.30. The Morgan fingerprint density at radius 2 is 2.00 bits per heavy atom. The van der Waals surface area contributed by atoms with Crippen LogP contribution in [-0.2, 0) is 4.79 Å². The Bertz CT molecular complexity index is 571. The number of aromatic amines is 1. The maximum Gasteiger partial charge on any atom is 0.241 e. The van der Waals surface area contributed by atoms with Crippen molar-refractivity contribution in [3.8, 4) is 0 Å². The van der Waals surface area contributed by atoms with Crippen LogP contribution < -0.4 is 5.43 Å². The minimum absolute atomic E-state index is 0.00727. The lowest BCUT2D eigenvalue weighted by molar-refractivity contribution is -0.125. The van der Waals surface area contributed by atoms with Crippen LogP contribution in [0.2, 0.25) is 0 Å². The molecule has 4 heteroatoms. The van der Waals surface area contributed by atoms with Gasteiger partial charge in [-0.3, -0.25) is 10.2 Å². The Morgan fingerprint density at radius 1 is 1.33 bits per heavy atom. The molecule has 1 amide bonds. The number of hydrogen-bond acceptors (Lipinski definition) is 2. The van der Waals surface area contributed by atoms with Gasteiger partial charge in [-0.15, -0.1) is 0 Å². The second-order valence-electron chi connectivity index (χ2n) is 4.80. The molecule has 0 saturated carbocycles. The van der Waals surface area contributed by atoms with Crippen molar-refractivity contribution in [2.45, 2.75) is 19.8 Å². The van der Waals surface area contributed by atoms with E-state index in [1.807, 2.05) is 52.2 Å². The molecular weight excluding hydrogens is 226 g/mol. The first-order valence-electron chi connectivity index (χ1n) is 6.05. The Labute approximate surface area is 107 Å². The van der Waals surface area contributed by atoms with Crippen LogP contribution in [0.1, 0.15) is 24.1 Å². The van der Waals surface area contributed by atoms with Crippen LogP contribution in [0.5, 0.6) is 0 Å². The number of amides is 1. The van der Waals surface area contributed by atoms with Gasteiger partial charge in [0.05, 0.1) is 5.92 Å². The van der Waals surface area contributed by atoms with Crippen LogP contribution in [-0.4, -0.2) is 30.0 Å². The van der Waals surface area contributed by atoms with Crippen LogP contribution in [0.25, 0.3) is 10.9 Å². The highest BCUT2D eigenvalue weighted by Crippen LogP contribution is 2.28. The summed E-state index contributed by atoms with van der Waals surface area (Å²) in [6, 6.07) is 8.07. The van der Waals surface area contributed by atoms with Crippen LogP contribution >= 0.6 is 0 Å². The standard InChI is InChI=1S/C14H19N3O/c1-9(14(18)16-17(3)4)13-10(2)15-12-8-6-5-7-11(12)13/h5-9,15H,1-4H3,(H,16,18). The number of fused-ring (bicyclic) bond motifs is 1. The van der Waals surface area contributed by atoms with E-state index >= 15 is 0 Å². The number of hydrogen-bond donors (Lipinski definition) is 2. The van der Waals surface area contributed by atoms with Gasteiger partial charge in [-0.05, 0) is 25.5 Å². The molecule has 0 spiro atoms. The van der Waals surface area contributed by atoms with Crippen molar-refractivity contribution in [1.82, 2.24) is 15.4 Å². The molecule has 2 aromatic rings. The second kappa shape index (κ2) is 4.82. The summed E-state index contributed by atoms with van der Waals surface area (Å²) in [4.78, 5) is 15.4. The number of rotatable bonds is 3. The maximum absolute atomic E-state index is 12.1. The third-order valence-corrected chi connectivity index (χ3v) is 3.10. The van der Waals surface area contributed by atoms with E-state index in [0.29, 0.717) is 0 Å². The number of para-hydroxylation sites is 1. The van der Waals surface area contributed by atoms with Crippen molar-refractivity contribution in [2.75, 3.05) is 14.1 Å². The molecule has 18 heavy (non-hydrogen) atoms. The molecule has 0 saturated heterocycles. The molecule has 1 heterocycles. The molecule has 0 fully saturated rings. The van der Waals surface area contributed by atoms with Gasteiger partial charge in [0.15, 0.2) is 0 Å². The van der Waals surface area contributed by atoms with Crippen molar-refractivity contribution >= 4 is 16.8 Å². The summed E-state index contributed by atoms with van der Waals surface area (Å²) in [5.74, 6) is -0.170. The lowest BCUT2D eigenvalue weighted by Gasteiger charge is -2.17. The highest BCUT2D eigenvalue weighted by molar-refractivity contribution is 5.92. The van der Waals surface area contributed by atoms with Crippen molar-refractivity contribution in [3.05, 3.63) is 35.5 Å². The summed E-state index contributed by atoms with van der Waals surface area (Å²) in [5, 5.41) is 2.79. The Balaban J connectivity index is 2.41. The Morgan fingerprint density at radius 3 is 2.67 bits per heavy atom. The smallest absolute Gasteiger partial charge is 0.241 e. The molecule has 2 N–H and O–H groups in total. The van der Waals surface area contributed by atoms with Crippen molar-refractivity contribution in [2.24, 2.45) is 0 Å². The minimum atomic E-state index is -0.177. The monoisotopic (exact) mass is 245 g/mol. The zero-order chi connectivity index (χ0) is 13.3. The van der Waals surface area contributed by atoms with E-state index in [9.17, 15) is 4.79 Å². The molecule has 1 aromatic heterocycles.